The number of carbonyl (C=O) groups is 2. The van der Waals surface area contributed by atoms with Crippen LogP contribution in [-0.4, -0.2) is 36.6 Å². The van der Waals surface area contributed by atoms with E-state index in [-0.39, 0.29) is 23.0 Å². The first kappa shape index (κ1) is 24.9. The summed E-state index contributed by atoms with van der Waals surface area (Å²) in [6.45, 7) is 4.39. The van der Waals surface area contributed by atoms with E-state index in [1.165, 1.54) is 0 Å². The highest BCUT2D eigenvalue weighted by atomic mass is 32.1. The zero-order valence-electron chi connectivity index (χ0n) is 19.6. The number of carbonyl (C=O) groups excluding carboxylic acids is 2. The number of rotatable bonds is 8. The Morgan fingerprint density at radius 1 is 0.912 bits per heavy atom. The van der Waals surface area contributed by atoms with E-state index in [4.69, 9.17) is 17.0 Å². The zero-order valence-corrected chi connectivity index (χ0v) is 20.4. The molecule has 0 unspecified atom stereocenters. The minimum Gasteiger partial charge on any atom is -0.491 e. The predicted molar refractivity (Wildman–Crippen MR) is 140 cm³/mol. The second-order valence-electron chi connectivity index (χ2n) is 8.02. The summed E-state index contributed by atoms with van der Waals surface area (Å²) in [6.07, 6.45) is 0.788. The standard InChI is InChI=1S/C27H29N3O3S/c1-19(2)33-22-15-13-21(14-16-22)25(31)29-27(34)30(3)24-12-8-7-11-23(24)26(32)28-18-17-20-9-5-4-6-10-20/h4-16,19H,17-18H2,1-3H3,(H,28,32)(H,29,31,34). The van der Waals surface area contributed by atoms with Gasteiger partial charge in [0.05, 0.1) is 17.4 Å². The molecule has 3 rings (SSSR count). The van der Waals surface area contributed by atoms with Crippen LogP contribution < -0.4 is 20.3 Å². The topological polar surface area (TPSA) is 70.7 Å². The van der Waals surface area contributed by atoms with E-state index in [1.54, 1.807) is 54.4 Å². The SMILES string of the molecule is CC(C)Oc1ccc(C(=O)NC(=S)N(C)c2ccccc2C(=O)NCCc2ccccc2)cc1. The van der Waals surface area contributed by atoms with Gasteiger partial charge in [0.15, 0.2) is 5.11 Å². The van der Waals surface area contributed by atoms with E-state index in [1.807, 2.05) is 50.2 Å². The van der Waals surface area contributed by atoms with Crippen molar-refractivity contribution >= 4 is 34.8 Å². The van der Waals surface area contributed by atoms with Gasteiger partial charge in [-0.1, -0.05) is 42.5 Å². The van der Waals surface area contributed by atoms with Gasteiger partial charge in [-0.2, -0.15) is 0 Å². The summed E-state index contributed by atoms with van der Waals surface area (Å²) >= 11 is 5.45. The van der Waals surface area contributed by atoms with Crippen molar-refractivity contribution in [3.63, 3.8) is 0 Å². The molecule has 0 heterocycles. The third-order valence-corrected chi connectivity index (χ3v) is 5.44. The Balaban J connectivity index is 1.62. The lowest BCUT2D eigenvalue weighted by Crippen LogP contribution is -2.41. The Labute approximate surface area is 205 Å². The molecule has 0 atom stereocenters. The van der Waals surface area contributed by atoms with Gasteiger partial charge in [-0.05, 0) is 74.4 Å². The van der Waals surface area contributed by atoms with Crippen molar-refractivity contribution in [2.24, 2.45) is 0 Å². The van der Waals surface area contributed by atoms with Crippen LogP contribution in [-0.2, 0) is 6.42 Å². The van der Waals surface area contributed by atoms with Gasteiger partial charge < -0.3 is 15.0 Å². The van der Waals surface area contributed by atoms with Crippen molar-refractivity contribution in [3.8, 4) is 5.75 Å². The Kier molecular flexibility index (Phi) is 8.76. The Hall–Kier alpha value is -3.71. The van der Waals surface area contributed by atoms with E-state index in [2.05, 4.69) is 10.6 Å². The predicted octanol–water partition coefficient (Wildman–Crippen LogP) is 4.60. The molecule has 7 heteroatoms. The first-order valence-electron chi connectivity index (χ1n) is 11.1. The highest BCUT2D eigenvalue weighted by Gasteiger charge is 2.18. The molecule has 3 aromatic rings. The number of para-hydroxylation sites is 1. The molecule has 2 N–H and O–H groups in total. The Morgan fingerprint density at radius 3 is 2.24 bits per heavy atom. The number of hydrogen-bond donors (Lipinski definition) is 2. The molecule has 0 spiro atoms. The summed E-state index contributed by atoms with van der Waals surface area (Å²) in [6, 6.07) is 24.0. The second kappa shape index (κ2) is 12.0. The van der Waals surface area contributed by atoms with Crippen molar-refractivity contribution in [1.82, 2.24) is 10.6 Å². The van der Waals surface area contributed by atoms with Crippen molar-refractivity contribution in [3.05, 3.63) is 95.6 Å². The van der Waals surface area contributed by atoms with Gasteiger partial charge >= 0.3 is 0 Å². The van der Waals surface area contributed by atoms with E-state index < -0.39 is 0 Å². The fourth-order valence-corrected chi connectivity index (χ4v) is 3.53. The molecule has 0 fully saturated rings. The van der Waals surface area contributed by atoms with Crippen LogP contribution in [0.25, 0.3) is 0 Å². The van der Waals surface area contributed by atoms with Gasteiger partial charge in [0, 0.05) is 19.2 Å². The molecule has 176 valence electrons. The van der Waals surface area contributed by atoms with Crippen molar-refractivity contribution in [2.75, 3.05) is 18.5 Å². The molecule has 0 bridgehead atoms. The molecule has 3 aromatic carbocycles. The molecule has 0 radical (unpaired) electrons. The molecule has 0 saturated carbocycles. The molecular formula is C27H29N3O3S. The maximum atomic E-state index is 12.9. The minimum atomic E-state index is -0.335. The summed E-state index contributed by atoms with van der Waals surface area (Å²) in [5.74, 6) is 0.157. The third kappa shape index (κ3) is 6.89. The van der Waals surface area contributed by atoms with E-state index in [0.29, 0.717) is 29.1 Å². The van der Waals surface area contributed by atoms with Gasteiger partial charge in [-0.15, -0.1) is 0 Å². The summed E-state index contributed by atoms with van der Waals surface area (Å²) in [4.78, 5) is 27.1. The van der Waals surface area contributed by atoms with Gasteiger partial charge in [0.25, 0.3) is 11.8 Å². The van der Waals surface area contributed by atoms with Gasteiger partial charge in [-0.25, -0.2) is 0 Å². The maximum absolute atomic E-state index is 12.9. The number of nitrogens with zero attached hydrogens (tertiary/aromatic N) is 1. The molecule has 0 aliphatic rings. The van der Waals surface area contributed by atoms with Crippen LogP contribution in [0.1, 0.15) is 40.1 Å². The largest absolute Gasteiger partial charge is 0.491 e. The summed E-state index contributed by atoms with van der Waals surface area (Å²) in [5.41, 5.74) is 2.69. The van der Waals surface area contributed by atoms with Crippen molar-refractivity contribution in [2.45, 2.75) is 26.4 Å². The lowest BCUT2D eigenvalue weighted by atomic mass is 10.1. The lowest BCUT2D eigenvalue weighted by Gasteiger charge is -2.23. The summed E-state index contributed by atoms with van der Waals surface area (Å²) in [7, 11) is 1.72. The fraction of sp³-hybridized carbons (Fsp3) is 0.222. The first-order chi connectivity index (χ1) is 16.3. The van der Waals surface area contributed by atoms with E-state index in [0.717, 1.165) is 12.0 Å². The van der Waals surface area contributed by atoms with Gasteiger partial charge in [0.1, 0.15) is 5.75 Å². The van der Waals surface area contributed by atoms with E-state index >= 15 is 0 Å². The molecule has 2 amide bonds. The monoisotopic (exact) mass is 475 g/mol. The molecule has 0 saturated heterocycles. The molecule has 34 heavy (non-hydrogen) atoms. The smallest absolute Gasteiger partial charge is 0.257 e. The quantitative estimate of drug-likeness (QED) is 0.466. The Morgan fingerprint density at radius 2 is 1.56 bits per heavy atom. The number of ether oxygens (including phenoxy) is 1. The van der Waals surface area contributed by atoms with Gasteiger partial charge in [0.2, 0.25) is 0 Å². The number of nitrogens with one attached hydrogen (secondary N) is 2. The molecule has 0 aliphatic carbocycles. The average Bonchev–Trinajstić information content (AvgIpc) is 2.84. The minimum absolute atomic E-state index is 0.0523. The van der Waals surface area contributed by atoms with Crippen molar-refractivity contribution < 1.29 is 14.3 Å². The highest BCUT2D eigenvalue weighted by molar-refractivity contribution is 7.80. The fourth-order valence-electron chi connectivity index (χ4n) is 3.34. The number of thiocarbonyl (C=S) groups is 1. The van der Waals surface area contributed by atoms with Crippen LogP contribution in [0.4, 0.5) is 5.69 Å². The average molecular weight is 476 g/mol. The Bertz CT molecular complexity index is 1130. The van der Waals surface area contributed by atoms with Crippen LogP contribution in [0.5, 0.6) is 5.75 Å². The number of anilines is 1. The lowest BCUT2D eigenvalue weighted by molar-refractivity contribution is 0.0952. The number of amides is 2. The number of benzene rings is 3. The van der Waals surface area contributed by atoms with E-state index in [9.17, 15) is 9.59 Å². The van der Waals surface area contributed by atoms with Crippen LogP contribution >= 0.6 is 12.2 Å². The summed E-state index contributed by atoms with van der Waals surface area (Å²) in [5, 5.41) is 5.88. The molecule has 0 aliphatic heterocycles. The molecule has 6 nitrogen and oxygen atoms in total. The summed E-state index contributed by atoms with van der Waals surface area (Å²) < 4.78 is 5.61. The molecule has 0 aromatic heterocycles. The van der Waals surface area contributed by atoms with Crippen molar-refractivity contribution in [1.29, 1.82) is 0 Å². The maximum Gasteiger partial charge on any atom is 0.257 e. The zero-order chi connectivity index (χ0) is 24.5. The van der Waals surface area contributed by atoms with Crippen LogP contribution in [0.2, 0.25) is 0 Å². The highest BCUT2D eigenvalue weighted by Crippen LogP contribution is 2.20. The number of hydrogen-bond acceptors (Lipinski definition) is 4. The second-order valence-corrected chi connectivity index (χ2v) is 8.40. The first-order valence-corrected chi connectivity index (χ1v) is 11.5. The normalized spacial score (nSPS) is 10.5. The van der Waals surface area contributed by atoms with Crippen LogP contribution in [0.15, 0.2) is 78.9 Å². The third-order valence-electron chi connectivity index (χ3n) is 5.07. The van der Waals surface area contributed by atoms with Crippen LogP contribution in [0, 0.1) is 0 Å². The molecular weight excluding hydrogens is 446 g/mol. The van der Waals surface area contributed by atoms with Crippen LogP contribution in [0.3, 0.4) is 0 Å². The van der Waals surface area contributed by atoms with Gasteiger partial charge in [-0.3, -0.25) is 14.9 Å².